The average Bonchev–Trinajstić information content (AvgIpc) is 3.84. The first kappa shape index (κ1) is 33.4. The van der Waals surface area contributed by atoms with Gasteiger partial charge in [0.2, 0.25) is 0 Å². The molecule has 5 atom stereocenters. The van der Waals surface area contributed by atoms with Crippen molar-refractivity contribution in [1.29, 1.82) is 0 Å². The second-order valence-corrected chi connectivity index (χ2v) is 18.1. The maximum absolute atomic E-state index is 14.7. The lowest BCUT2D eigenvalue weighted by molar-refractivity contribution is -0.146. The third kappa shape index (κ3) is 5.95. The van der Waals surface area contributed by atoms with E-state index in [1.807, 2.05) is 92.9 Å². The van der Waals surface area contributed by atoms with Crippen LogP contribution in [0.2, 0.25) is 23.7 Å². The summed E-state index contributed by atoms with van der Waals surface area (Å²) in [6, 6.07) is 22.7. The third-order valence-electron chi connectivity index (χ3n) is 10.2. The summed E-state index contributed by atoms with van der Waals surface area (Å²) in [5, 5.41) is 19.4. The van der Waals surface area contributed by atoms with Crippen LogP contribution in [0.1, 0.15) is 41.6 Å². The first-order chi connectivity index (χ1) is 23.5. The van der Waals surface area contributed by atoms with Gasteiger partial charge in [0.1, 0.15) is 6.61 Å². The second kappa shape index (κ2) is 13.0. The van der Waals surface area contributed by atoms with E-state index in [0.717, 1.165) is 22.5 Å². The van der Waals surface area contributed by atoms with Crippen molar-refractivity contribution in [3.05, 3.63) is 106 Å². The highest BCUT2D eigenvalue weighted by Gasteiger charge is 2.66. The van der Waals surface area contributed by atoms with Crippen LogP contribution < -0.4 is 9.80 Å². The van der Waals surface area contributed by atoms with Gasteiger partial charge in [0.05, 0.1) is 43.1 Å². The molecule has 256 valence electrons. The Morgan fingerprint density at radius 3 is 2.51 bits per heavy atom. The van der Waals surface area contributed by atoms with E-state index >= 15 is 0 Å². The maximum atomic E-state index is 14.7. The molecule has 2 fully saturated rings. The molecule has 1 aromatic heterocycles. The lowest BCUT2D eigenvalue weighted by Gasteiger charge is -2.32. The van der Waals surface area contributed by atoms with Crippen LogP contribution in [-0.2, 0) is 33.0 Å². The Balaban J connectivity index is 1.15. The van der Waals surface area contributed by atoms with E-state index in [9.17, 15) is 19.5 Å². The monoisotopic (exact) mass is 701 g/mol. The number of fused-ring (bicyclic) bond motifs is 2. The van der Waals surface area contributed by atoms with Gasteiger partial charge in [0.15, 0.2) is 13.9 Å². The third-order valence-corrected chi connectivity index (χ3v) is 13.0. The zero-order valence-electron chi connectivity index (χ0n) is 27.7. The highest BCUT2D eigenvalue weighted by molar-refractivity contribution is 6.71. The number of aliphatic hydroxyl groups is 1. The molecule has 3 aliphatic rings. The van der Waals surface area contributed by atoms with Gasteiger partial charge in [-0.25, -0.2) is 4.79 Å². The Morgan fingerprint density at radius 2 is 1.84 bits per heavy atom. The molecule has 1 spiro atoms. The number of aliphatic hydroxyl groups excluding tert-OH is 1. The minimum Gasteiger partial charge on any atom is -0.447 e. The predicted molar refractivity (Wildman–Crippen MR) is 187 cm³/mol. The van der Waals surface area contributed by atoms with Crippen molar-refractivity contribution >= 4 is 43.3 Å². The van der Waals surface area contributed by atoms with Gasteiger partial charge < -0.3 is 24.3 Å². The van der Waals surface area contributed by atoms with Crippen molar-refractivity contribution in [2.75, 3.05) is 29.6 Å². The van der Waals surface area contributed by atoms with Gasteiger partial charge in [0, 0.05) is 40.5 Å². The average molecular weight is 702 g/mol. The fraction of sp³-hybridized carbons (Fsp3) is 0.389. The maximum Gasteiger partial charge on any atom is 0.414 e. The number of nitrogens with zero attached hydrogens (tertiary/aromatic N) is 5. The Labute approximate surface area is 291 Å². The van der Waals surface area contributed by atoms with Gasteiger partial charge in [-0.05, 0) is 61.0 Å². The van der Waals surface area contributed by atoms with Gasteiger partial charge in [0.25, 0.3) is 5.91 Å². The van der Waals surface area contributed by atoms with Gasteiger partial charge in [-0.2, -0.15) is 0 Å². The number of anilines is 2. The smallest absolute Gasteiger partial charge is 0.414 e. The van der Waals surface area contributed by atoms with Crippen LogP contribution in [0.25, 0.3) is 0 Å². The highest BCUT2D eigenvalue weighted by Crippen LogP contribution is 2.60. The molecule has 0 saturated carbocycles. The van der Waals surface area contributed by atoms with Gasteiger partial charge in [-0.3, -0.25) is 14.4 Å². The zero-order chi connectivity index (χ0) is 34.5. The van der Waals surface area contributed by atoms with Crippen molar-refractivity contribution in [2.45, 2.75) is 62.7 Å². The number of benzene rings is 3. The molecule has 13 heteroatoms. The van der Waals surface area contributed by atoms with Crippen LogP contribution in [0.3, 0.4) is 0 Å². The van der Waals surface area contributed by atoms with Crippen LogP contribution in [0.4, 0.5) is 16.2 Å². The number of cyclic esters (lactones) is 1. The summed E-state index contributed by atoms with van der Waals surface area (Å²) in [5.74, 6) is -0.828. The Bertz CT molecular complexity index is 1850. The Morgan fingerprint density at radius 1 is 1.08 bits per heavy atom. The first-order valence-corrected chi connectivity index (χ1v) is 20.0. The zero-order valence-corrected chi connectivity index (χ0v) is 29.5. The summed E-state index contributed by atoms with van der Waals surface area (Å²) in [6.07, 6.45) is 1.53. The summed E-state index contributed by atoms with van der Waals surface area (Å²) in [6.45, 7) is 7.30. The van der Waals surface area contributed by atoms with Crippen LogP contribution >= 0.6 is 11.6 Å². The minimum absolute atomic E-state index is 0.0986. The number of carbonyl (C=O) groups is 2. The van der Waals surface area contributed by atoms with Gasteiger partial charge in [-0.15, -0.1) is 5.10 Å². The molecule has 2 N–H and O–H groups in total. The van der Waals surface area contributed by atoms with E-state index in [1.165, 1.54) is 0 Å². The van der Waals surface area contributed by atoms with Crippen molar-refractivity contribution in [2.24, 2.45) is 5.92 Å². The fourth-order valence-corrected chi connectivity index (χ4v) is 10.7. The van der Waals surface area contributed by atoms with Gasteiger partial charge in [-0.1, -0.05) is 66.2 Å². The summed E-state index contributed by atoms with van der Waals surface area (Å²) in [5.41, 5.74) is 3.08. The molecule has 0 aliphatic carbocycles. The van der Waals surface area contributed by atoms with Crippen molar-refractivity contribution < 1.29 is 29.0 Å². The number of aryl methyl sites for hydroxylation is 1. The number of aromatic nitrogens is 3. The molecule has 4 aromatic rings. The molecule has 7 rings (SSSR count). The normalized spacial score (nSPS) is 24.2. The molecule has 11 nitrogen and oxygen atoms in total. The number of ether oxygens (including phenoxy) is 2. The summed E-state index contributed by atoms with van der Waals surface area (Å²) in [4.78, 5) is 41.8. The first-order valence-electron chi connectivity index (χ1n) is 16.6. The van der Waals surface area contributed by atoms with E-state index in [-0.39, 0.29) is 36.0 Å². The van der Waals surface area contributed by atoms with E-state index in [2.05, 4.69) is 10.3 Å². The summed E-state index contributed by atoms with van der Waals surface area (Å²) < 4.78 is 13.8. The molecule has 2 amide bonds. The summed E-state index contributed by atoms with van der Waals surface area (Å²) >= 11 is 6.56. The Kier molecular flexibility index (Phi) is 8.86. The number of halogens is 1. The van der Waals surface area contributed by atoms with Crippen molar-refractivity contribution in [3.63, 3.8) is 0 Å². The number of hydrogen-bond acceptors (Lipinski definition) is 8. The lowest BCUT2D eigenvalue weighted by atomic mass is 9.82. The fourth-order valence-electron chi connectivity index (χ4n) is 7.97. The van der Waals surface area contributed by atoms with Crippen molar-refractivity contribution in [1.82, 2.24) is 15.0 Å². The van der Waals surface area contributed by atoms with Crippen LogP contribution in [0.5, 0.6) is 0 Å². The molecule has 0 radical (unpaired) electrons. The molecular weight excluding hydrogens is 662 g/mol. The molecule has 0 bridgehead atoms. The van der Waals surface area contributed by atoms with E-state index in [0.29, 0.717) is 48.9 Å². The second-order valence-electron chi connectivity index (χ2n) is 13.7. The number of hydrogen-bond donors (Lipinski definition) is 2. The molecule has 4 heterocycles. The highest BCUT2D eigenvalue weighted by atomic mass is 35.5. The molecule has 49 heavy (non-hydrogen) atoms. The topological polar surface area (TPSA) is 130 Å². The van der Waals surface area contributed by atoms with Crippen molar-refractivity contribution in [3.8, 4) is 0 Å². The summed E-state index contributed by atoms with van der Waals surface area (Å²) in [7, 11) is -2.88. The quantitative estimate of drug-likeness (QED) is 0.209. The molecule has 3 aliphatic heterocycles. The number of carbonyl (C=O) groups excluding carboxylic acids is 2. The van der Waals surface area contributed by atoms with E-state index in [4.69, 9.17) is 21.1 Å². The van der Waals surface area contributed by atoms with Crippen LogP contribution in [-0.4, -0.2) is 71.1 Å². The molecule has 2 saturated heterocycles. The molecule has 3 aromatic carbocycles. The predicted octanol–water partition coefficient (Wildman–Crippen LogP) is 5.45. The van der Waals surface area contributed by atoms with E-state index in [1.54, 1.807) is 20.5 Å². The standard InChI is InChI=1S/C36H40ClN5O6Si/c1-23-33(49(2,3)46)32(15-16-40-21-30(38-39-40)28(22-43)25-7-5-4-6-8-25)48-36(23)29-19-26(37)11-14-31(29)42(34(36)44)20-24-9-12-27(13-10-24)41-17-18-47-35(41)45/h4-14,19,21,23,28,32-33,43,46H,15-18,20,22H2,1-3H3/t23-,28?,32+,33-,36+/m1/s1. The van der Waals surface area contributed by atoms with Crippen LogP contribution in [0, 0.1) is 5.92 Å². The SMILES string of the molecule is C[C@@H]1[C@@H]([Si](C)(C)O)[C@H](CCn2cc(C(CO)c3ccccc3)nn2)O[C@@]12C(=O)N(Cc1ccc(N3CCOC3=O)cc1)c1ccc(Cl)cc12. The molecular formula is C36H40ClN5O6Si. The minimum atomic E-state index is -2.88. The molecule has 1 unspecified atom stereocenters. The lowest BCUT2D eigenvalue weighted by Crippen LogP contribution is -2.46. The largest absolute Gasteiger partial charge is 0.447 e. The van der Waals surface area contributed by atoms with Gasteiger partial charge >= 0.3 is 6.09 Å². The number of amides is 2. The van der Waals surface area contributed by atoms with E-state index < -0.39 is 20.0 Å². The Hall–Kier alpha value is -4.07. The van der Waals surface area contributed by atoms with Crippen LogP contribution in [0.15, 0.2) is 79.0 Å². The number of rotatable bonds is 10.